The summed E-state index contributed by atoms with van der Waals surface area (Å²) in [7, 11) is 3.60. The third kappa shape index (κ3) is 3.05. The van der Waals surface area contributed by atoms with Crippen molar-refractivity contribution in [1.29, 1.82) is 5.26 Å². The maximum absolute atomic E-state index is 8.43. The van der Waals surface area contributed by atoms with E-state index >= 15 is 0 Å². The van der Waals surface area contributed by atoms with Gasteiger partial charge in [-0.05, 0) is 0 Å². The van der Waals surface area contributed by atoms with Gasteiger partial charge in [-0.2, -0.15) is 5.26 Å². The zero-order valence-electron chi connectivity index (χ0n) is 5.96. The number of thiocarbonyl (C=S) groups is 1. The van der Waals surface area contributed by atoms with E-state index in [2.05, 4.69) is 12.2 Å². The van der Waals surface area contributed by atoms with Crippen molar-refractivity contribution in [1.82, 2.24) is 4.90 Å². The second kappa shape index (κ2) is 3.85. The fraction of sp³-hybridized carbons (Fsp3) is 0.333. The summed E-state index contributed by atoms with van der Waals surface area (Å²) in [6.07, 6.45) is 1.59. The van der Waals surface area contributed by atoms with Crippen molar-refractivity contribution >= 4 is 17.2 Å². The fourth-order valence-electron chi connectivity index (χ4n) is 0.406. The van der Waals surface area contributed by atoms with Gasteiger partial charge in [0, 0.05) is 20.3 Å². The van der Waals surface area contributed by atoms with Crippen LogP contribution in [0.15, 0.2) is 11.8 Å². The summed E-state index contributed by atoms with van der Waals surface area (Å²) in [6.45, 7) is 0. The predicted octanol–water partition coefficient (Wildman–Crippen LogP) is 0.242. The lowest BCUT2D eigenvalue weighted by Gasteiger charge is -2.04. The Bertz CT molecular complexity index is 200. The summed E-state index contributed by atoms with van der Waals surface area (Å²) in [5.41, 5.74) is 5.54. The second-order valence-corrected chi connectivity index (χ2v) is 2.42. The van der Waals surface area contributed by atoms with Crippen molar-refractivity contribution in [3.8, 4) is 6.07 Å². The third-order valence-corrected chi connectivity index (χ3v) is 0.993. The van der Waals surface area contributed by atoms with Crippen LogP contribution in [0.3, 0.4) is 0 Å². The average molecular weight is 155 g/mol. The minimum Gasteiger partial charge on any atom is -0.389 e. The van der Waals surface area contributed by atoms with Crippen LogP contribution < -0.4 is 5.73 Å². The number of nitrogens with two attached hydrogens (primary N) is 1. The summed E-state index contributed by atoms with van der Waals surface area (Å²) in [6, 6.07) is 1.89. The maximum atomic E-state index is 8.43. The average Bonchev–Trinajstić information content (AvgIpc) is 1.81. The molecule has 0 heterocycles. The highest BCUT2D eigenvalue weighted by Crippen LogP contribution is 1.92. The summed E-state index contributed by atoms with van der Waals surface area (Å²) in [5.74, 6) is 0. The first kappa shape index (κ1) is 8.92. The standard InChI is InChI=1S/C6H9N3S/c1-9(2)4-5(3-7)6(8)10/h4H,1-2H3,(H2,8,10). The van der Waals surface area contributed by atoms with E-state index in [0.717, 1.165) is 0 Å². The van der Waals surface area contributed by atoms with E-state index in [0.29, 0.717) is 5.57 Å². The molecule has 4 heteroatoms. The molecule has 0 aliphatic heterocycles. The minimum absolute atomic E-state index is 0.135. The Morgan fingerprint density at radius 3 is 2.30 bits per heavy atom. The molecule has 0 unspecified atom stereocenters. The second-order valence-electron chi connectivity index (χ2n) is 1.98. The van der Waals surface area contributed by atoms with Gasteiger partial charge in [0.15, 0.2) is 0 Å². The largest absolute Gasteiger partial charge is 0.389 e. The van der Waals surface area contributed by atoms with E-state index in [1.54, 1.807) is 25.2 Å². The Labute approximate surface area is 65.7 Å². The van der Waals surface area contributed by atoms with Crippen molar-refractivity contribution in [2.75, 3.05) is 14.1 Å². The van der Waals surface area contributed by atoms with Crippen LogP contribution in [-0.4, -0.2) is 24.0 Å². The molecule has 0 aliphatic carbocycles. The van der Waals surface area contributed by atoms with Gasteiger partial charge in [-0.1, -0.05) is 12.2 Å². The van der Waals surface area contributed by atoms with Gasteiger partial charge >= 0.3 is 0 Å². The molecule has 0 aromatic rings. The molecule has 0 saturated carbocycles. The van der Waals surface area contributed by atoms with Gasteiger partial charge in [-0.25, -0.2) is 0 Å². The normalized spacial score (nSPS) is 10.3. The number of nitrogens with zero attached hydrogens (tertiary/aromatic N) is 2. The van der Waals surface area contributed by atoms with Crippen molar-refractivity contribution in [2.45, 2.75) is 0 Å². The Kier molecular flexibility index (Phi) is 3.44. The number of rotatable bonds is 2. The van der Waals surface area contributed by atoms with Crippen LogP contribution in [0.4, 0.5) is 0 Å². The molecule has 3 nitrogen and oxygen atoms in total. The van der Waals surface area contributed by atoms with Gasteiger partial charge in [-0.3, -0.25) is 0 Å². The molecule has 0 aromatic heterocycles. The SMILES string of the molecule is CN(C)C=C(C#N)C(N)=S. The van der Waals surface area contributed by atoms with Crippen LogP contribution >= 0.6 is 12.2 Å². The molecule has 0 rings (SSSR count). The number of hydrogen-bond acceptors (Lipinski definition) is 3. The molecule has 0 atom stereocenters. The highest BCUT2D eigenvalue weighted by Gasteiger charge is 1.97. The molecule has 0 amide bonds. The van der Waals surface area contributed by atoms with E-state index in [1.165, 1.54) is 0 Å². The first-order chi connectivity index (χ1) is 4.57. The number of hydrogen-bond donors (Lipinski definition) is 1. The summed E-state index contributed by atoms with van der Waals surface area (Å²) >= 11 is 4.59. The first-order valence-corrected chi connectivity index (χ1v) is 3.07. The Hall–Kier alpha value is -1.08. The zero-order chi connectivity index (χ0) is 8.15. The molecule has 0 fully saturated rings. The van der Waals surface area contributed by atoms with E-state index in [-0.39, 0.29) is 4.99 Å². The van der Waals surface area contributed by atoms with Crippen molar-refractivity contribution < 1.29 is 0 Å². The number of nitriles is 1. The van der Waals surface area contributed by atoms with Crippen molar-refractivity contribution in [3.63, 3.8) is 0 Å². The monoisotopic (exact) mass is 155 g/mol. The topological polar surface area (TPSA) is 53.0 Å². The van der Waals surface area contributed by atoms with Crippen LogP contribution in [0.25, 0.3) is 0 Å². The molecular weight excluding hydrogens is 146 g/mol. The van der Waals surface area contributed by atoms with Gasteiger partial charge in [0.25, 0.3) is 0 Å². The van der Waals surface area contributed by atoms with Crippen molar-refractivity contribution in [2.24, 2.45) is 5.73 Å². The summed E-state index contributed by atoms with van der Waals surface area (Å²) in [4.78, 5) is 1.86. The molecule has 0 saturated heterocycles. The van der Waals surface area contributed by atoms with E-state index in [1.807, 2.05) is 6.07 Å². The van der Waals surface area contributed by atoms with Crippen LogP contribution in [0, 0.1) is 11.3 Å². The first-order valence-electron chi connectivity index (χ1n) is 2.66. The van der Waals surface area contributed by atoms with Crippen LogP contribution in [0.5, 0.6) is 0 Å². The van der Waals surface area contributed by atoms with Gasteiger partial charge in [0.05, 0.1) is 0 Å². The Morgan fingerprint density at radius 1 is 1.70 bits per heavy atom. The Balaban J connectivity index is 4.39. The molecule has 54 valence electrons. The molecule has 2 N–H and O–H groups in total. The molecule has 0 bridgehead atoms. The minimum atomic E-state index is 0.135. The van der Waals surface area contributed by atoms with E-state index in [4.69, 9.17) is 11.0 Å². The predicted molar refractivity (Wildman–Crippen MR) is 44.2 cm³/mol. The smallest absolute Gasteiger partial charge is 0.116 e. The van der Waals surface area contributed by atoms with Crippen molar-refractivity contribution in [3.05, 3.63) is 11.8 Å². The van der Waals surface area contributed by atoms with Gasteiger partial charge < -0.3 is 10.6 Å². The van der Waals surface area contributed by atoms with Crippen LogP contribution in [0.1, 0.15) is 0 Å². The lowest BCUT2D eigenvalue weighted by atomic mass is 10.3. The maximum Gasteiger partial charge on any atom is 0.116 e. The van der Waals surface area contributed by atoms with E-state index < -0.39 is 0 Å². The molecule has 0 aromatic carbocycles. The highest BCUT2D eigenvalue weighted by atomic mass is 32.1. The van der Waals surface area contributed by atoms with Gasteiger partial charge in [0.1, 0.15) is 16.6 Å². The summed E-state index contributed by atoms with van der Waals surface area (Å²) < 4.78 is 0. The van der Waals surface area contributed by atoms with Crippen LogP contribution in [0.2, 0.25) is 0 Å². The van der Waals surface area contributed by atoms with Crippen LogP contribution in [-0.2, 0) is 0 Å². The molecule has 0 radical (unpaired) electrons. The molecule has 10 heavy (non-hydrogen) atoms. The van der Waals surface area contributed by atoms with E-state index in [9.17, 15) is 0 Å². The van der Waals surface area contributed by atoms with Gasteiger partial charge in [0.2, 0.25) is 0 Å². The fourth-order valence-corrected chi connectivity index (χ4v) is 0.504. The lowest BCUT2D eigenvalue weighted by Crippen LogP contribution is -2.13. The lowest BCUT2D eigenvalue weighted by molar-refractivity contribution is 0.562. The highest BCUT2D eigenvalue weighted by molar-refractivity contribution is 7.80. The molecule has 0 spiro atoms. The molecular formula is C6H9N3S. The van der Waals surface area contributed by atoms with Gasteiger partial charge in [-0.15, -0.1) is 0 Å². The third-order valence-electron chi connectivity index (χ3n) is 0.773. The molecule has 0 aliphatic rings. The summed E-state index contributed by atoms with van der Waals surface area (Å²) in [5, 5.41) is 8.43. The quantitative estimate of drug-likeness (QED) is 0.352. The Morgan fingerprint density at radius 2 is 2.20 bits per heavy atom. The zero-order valence-corrected chi connectivity index (χ0v) is 6.77.